The van der Waals surface area contributed by atoms with Gasteiger partial charge in [0, 0.05) is 23.7 Å². The van der Waals surface area contributed by atoms with Crippen molar-refractivity contribution >= 4 is 22.9 Å². The standard InChI is InChI=1S/C16H21N3OS/c1-3-16(2,15-18-10-11-21-15)19-14(20)9-8-12-6-4-5-7-13(12)17/h4-7,10-11H,3,8-9,17H2,1-2H3,(H,19,20). The Balaban J connectivity index is 1.96. The molecular formula is C16H21N3OS. The number of rotatable bonds is 6. The second-order valence-electron chi connectivity index (χ2n) is 5.27. The van der Waals surface area contributed by atoms with Crippen LogP contribution >= 0.6 is 11.3 Å². The largest absolute Gasteiger partial charge is 0.399 e. The van der Waals surface area contributed by atoms with Crippen molar-refractivity contribution in [1.82, 2.24) is 10.3 Å². The fraction of sp³-hybridized carbons (Fsp3) is 0.375. The molecule has 3 N–H and O–H groups in total. The summed E-state index contributed by atoms with van der Waals surface area (Å²) in [6, 6.07) is 7.66. The Morgan fingerprint density at radius 1 is 1.43 bits per heavy atom. The van der Waals surface area contributed by atoms with E-state index in [1.165, 1.54) is 0 Å². The van der Waals surface area contributed by atoms with Crippen molar-refractivity contribution in [2.45, 2.75) is 38.6 Å². The average molecular weight is 303 g/mol. The number of para-hydroxylation sites is 1. The van der Waals surface area contributed by atoms with E-state index in [2.05, 4.69) is 17.2 Å². The van der Waals surface area contributed by atoms with Gasteiger partial charge < -0.3 is 11.1 Å². The van der Waals surface area contributed by atoms with Crippen LogP contribution < -0.4 is 11.1 Å². The zero-order chi connectivity index (χ0) is 15.3. The minimum Gasteiger partial charge on any atom is -0.399 e. The van der Waals surface area contributed by atoms with E-state index in [4.69, 9.17) is 5.73 Å². The second kappa shape index (κ2) is 6.72. The lowest BCUT2D eigenvalue weighted by Crippen LogP contribution is -2.43. The average Bonchev–Trinajstić information content (AvgIpc) is 3.01. The second-order valence-corrected chi connectivity index (χ2v) is 6.16. The van der Waals surface area contributed by atoms with Crippen LogP contribution in [0, 0.1) is 0 Å². The van der Waals surface area contributed by atoms with Crippen LogP contribution in [0.25, 0.3) is 0 Å². The van der Waals surface area contributed by atoms with Gasteiger partial charge in [-0.1, -0.05) is 25.1 Å². The third-order valence-corrected chi connectivity index (χ3v) is 4.74. The molecule has 0 aliphatic rings. The Labute approximate surface area is 129 Å². The number of thiazole rings is 1. The number of hydrogen-bond donors (Lipinski definition) is 2. The van der Waals surface area contributed by atoms with E-state index < -0.39 is 5.54 Å². The monoisotopic (exact) mass is 303 g/mol. The molecule has 1 aromatic heterocycles. The summed E-state index contributed by atoms with van der Waals surface area (Å²) in [7, 11) is 0. The predicted molar refractivity (Wildman–Crippen MR) is 87.1 cm³/mol. The van der Waals surface area contributed by atoms with Gasteiger partial charge in [0.15, 0.2) is 0 Å². The van der Waals surface area contributed by atoms with Crippen molar-refractivity contribution in [2.24, 2.45) is 0 Å². The van der Waals surface area contributed by atoms with Gasteiger partial charge in [0.05, 0.1) is 5.54 Å². The van der Waals surface area contributed by atoms with Crippen LogP contribution in [0.1, 0.15) is 37.3 Å². The smallest absolute Gasteiger partial charge is 0.221 e. The van der Waals surface area contributed by atoms with Crippen LogP contribution in [-0.4, -0.2) is 10.9 Å². The minimum absolute atomic E-state index is 0.0257. The molecule has 2 aromatic rings. The number of aryl methyl sites for hydroxylation is 1. The summed E-state index contributed by atoms with van der Waals surface area (Å²) in [6.07, 6.45) is 3.65. The lowest BCUT2D eigenvalue weighted by Gasteiger charge is -2.27. The molecule has 5 heteroatoms. The maximum atomic E-state index is 12.2. The highest BCUT2D eigenvalue weighted by Crippen LogP contribution is 2.26. The van der Waals surface area contributed by atoms with Crippen molar-refractivity contribution in [3.05, 3.63) is 46.4 Å². The SMILES string of the molecule is CCC(C)(NC(=O)CCc1ccccc1N)c1nccs1. The molecule has 1 unspecified atom stereocenters. The first-order valence-corrected chi connectivity index (χ1v) is 7.97. The van der Waals surface area contributed by atoms with Gasteiger partial charge in [-0.25, -0.2) is 4.98 Å². The summed E-state index contributed by atoms with van der Waals surface area (Å²) in [6.45, 7) is 4.07. The highest BCUT2D eigenvalue weighted by Gasteiger charge is 2.28. The van der Waals surface area contributed by atoms with Gasteiger partial charge in [0.1, 0.15) is 5.01 Å². The number of amides is 1. The van der Waals surface area contributed by atoms with Crippen molar-refractivity contribution < 1.29 is 4.79 Å². The van der Waals surface area contributed by atoms with Gasteiger partial charge in [0.2, 0.25) is 5.91 Å². The normalized spacial score (nSPS) is 13.6. The van der Waals surface area contributed by atoms with Gasteiger partial charge in [-0.2, -0.15) is 0 Å². The van der Waals surface area contributed by atoms with Crippen molar-refractivity contribution in [3.63, 3.8) is 0 Å². The van der Waals surface area contributed by atoms with E-state index in [-0.39, 0.29) is 5.91 Å². The summed E-state index contributed by atoms with van der Waals surface area (Å²) in [5.41, 5.74) is 7.26. The van der Waals surface area contributed by atoms with Crippen LogP contribution in [0.5, 0.6) is 0 Å². The number of benzene rings is 1. The number of aromatic nitrogens is 1. The first-order valence-electron chi connectivity index (χ1n) is 7.09. The molecule has 0 bridgehead atoms. The molecule has 0 radical (unpaired) electrons. The molecular weight excluding hydrogens is 282 g/mol. The molecule has 1 heterocycles. The van der Waals surface area contributed by atoms with Crippen LogP contribution in [0.2, 0.25) is 0 Å². The van der Waals surface area contributed by atoms with Crippen molar-refractivity contribution in [3.8, 4) is 0 Å². The number of carbonyl (C=O) groups excluding carboxylic acids is 1. The zero-order valence-electron chi connectivity index (χ0n) is 12.4. The molecule has 0 fully saturated rings. The van der Waals surface area contributed by atoms with E-state index in [1.807, 2.05) is 36.6 Å². The first-order chi connectivity index (χ1) is 10.0. The Morgan fingerprint density at radius 3 is 2.81 bits per heavy atom. The fourth-order valence-electron chi connectivity index (χ4n) is 2.17. The molecule has 1 atom stereocenters. The maximum Gasteiger partial charge on any atom is 0.221 e. The van der Waals surface area contributed by atoms with Gasteiger partial charge in [0.25, 0.3) is 0 Å². The van der Waals surface area contributed by atoms with Gasteiger partial charge in [-0.05, 0) is 31.4 Å². The molecule has 0 spiro atoms. The number of nitrogen functional groups attached to an aromatic ring is 1. The summed E-state index contributed by atoms with van der Waals surface area (Å²) in [5, 5.41) is 5.98. The molecule has 0 aliphatic carbocycles. The molecule has 4 nitrogen and oxygen atoms in total. The van der Waals surface area contributed by atoms with E-state index >= 15 is 0 Å². The van der Waals surface area contributed by atoms with Crippen LogP contribution in [0.4, 0.5) is 5.69 Å². The predicted octanol–water partition coefficient (Wildman–Crippen LogP) is 3.10. The number of hydrogen-bond acceptors (Lipinski definition) is 4. The number of anilines is 1. The zero-order valence-corrected chi connectivity index (χ0v) is 13.2. The number of nitrogens with two attached hydrogens (primary N) is 1. The van der Waals surface area contributed by atoms with Crippen LogP contribution in [0.15, 0.2) is 35.8 Å². The topological polar surface area (TPSA) is 68.0 Å². The Bertz CT molecular complexity index is 597. The summed E-state index contributed by atoms with van der Waals surface area (Å²) in [5.74, 6) is 0.0257. The minimum atomic E-state index is -0.395. The number of carbonyl (C=O) groups is 1. The Kier molecular flexibility index (Phi) is 4.96. The highest BCUT2D eigenvalue weighted by atomic mass is 32.1. The summed E-state index contributed by atoms with van der Waals surface area (Å²) < 4.78 is 0. The lowest BCUT2D eigenvalue weighted by molar-refractivity contribution is -0.123. The number of nitrogens with one attached hydrogen (secondary N) is 1. The first kappa shape index (κ1) is 15.5. The lowest BCUT2D eigenvalue weighted by atomic mass is 9.99. The summed E-state index contributed by atoms with van der Waals surface area (Å²) >= 11 is 1.57. The Hall–Kier alpha value is -1.88. The van der Waals surface area contributed by atoms with Gasteiger partial charge >= 0.3 is 0 Å². The van der Waals surface area contributed by atoms with Crippen molar-refractivity contribution in [2.75, 3.05) is 5.73 Å². The van der Waals surface area contributed by atoms with Crippen LogP contribution in [0.3, 0.4) is 0 Å². The maximum absolute atomic E-state index is 12.2. The molecule has 1 amide bonds. The molecule has 0 saturated heterocycles. The van der Waals surface area contributed by atoms with Crippen LogP contribution in [-0.2, 0) is 16.8 Å². The molecule has 0 aliphatic heterocycles. The highest BCUT2D eigenvalue weighted by molar-refractivity contribution is 7.09. The molecule has 1 aromatic carbocycles. The Morgan fingerprint density at radius 2 is 2.19 bits per heavy atom. The van der Waals surface area contributed by atoms with E-state index in [1.54, 1.807) is 17.5 Å². The molecule has 2 rings (SSSR count). The third kappa shape index (κ3) is 3.82. The third-order valence-electron chi connectivity index (χ3n) is 3.70. The van der Waals surface area contributed by atoms with E-state index in [0.717, 1.165) is 22.7 Å². The van der Waals surface area contributed by atoms with Crippen molar-refractivity contribution in [1.29, 1.82) is 0 Å². The van der Waals surface area contributed by atoms with E-state index in [0.29, 0.717) is 12.8 Å². The quantitative estimate of drug-likeness (QED) is 0.806. The molecule has 112 valence electrons. The fourth-order valence-corrected chi connectivity index (χ4v) is 3.00. The van der Waals surface area contributed by atoms with Gasteiger partial charge in [-0.15, -0.1) is 11.3 Å². The number of nitrogens with zero attached hydrogens (tertiary/aromatic N) is 1. The molecule has 0 saturated carbocycles. The summed E-state index contributed by atoms with van der Waals surface area (Å²) in [4.78, 5) is 16.6. The van der Waals surface area contributed by atoms with Gasteiger partial charge in [-0.3, -0.25) is 4.79 Å². The molecule has 21 heavy (non-hydrogen) atoms. The van der Waals surface area contributed by atoms with E-state index in [9.17, 15) is 4.79 Å².